The van der Waals surface area contributed by atoms with Gasteiger partial charge in [-0.2, -0.15) is 0 Å². The Labute approximate surface area is 302 Å². The molecule has 1 N–H and O–H groups in total. The van der Waals surface area contributed by atoms with Crippen LogP contribution in [0, 0.1) is 0 Å². The third-order valence-corrected chi connectivity index (χ3v) is 8.43. The molecule has 0 spiro atoms. The molecule has 0 bridgehead atoms. The van der Waals surface area contributed by atoms with Crippen molar-refractivity contribution < 1.29 is 57.3 Å². The highest BCUT2D eigenvalue weighted by Crippen LogP contribution is 2.48. The molecule has 266 valence electrons. The first-order valence-electron chi connectivity index (χ1n) is 16.5. The number of rotatable bonds is 9. The number of para-hydroxylation sites is 2. The Kier molecular flexibility index (Phi) is 8.68. The number of carboxylic acid groups (broad SMARTS) is 1. The summed E-state index contributed by atoms with van der Waals surface area (Å²) in [6.45, 7) is 3.58. The van der Waals surface area contributed by atoms with E-state index in [0.29, 0.717) is 57.1 Å². The van der Waals surface area contributed by atoms with Gasteiger partial charge in [-0.05, 0) is 62.4 Å². The smallest absolute Gasteiger partial charge is 0.340 e. The van der Waals surface area contributed by atoms with Crippen LogP contribution in [0.4, 0.5) is 0 Å². The third-order valence-electron chi connectivity index (χ3n) is 8.43. The minimum atomic E-state index is -1.40. The zero-order valence-corrected chi connectivity index (χ0v) is 28.4. The average Bonchev–Trinajstić information content (AvgIpc) is 3.81. The van der Waals surface area contributed by atoms with E-state index in [2.05, 4.69) is 0 Å². The van der Waals surface area contributed by atoms with Gasteiger partial charge in [0.1, 0.15) is 34.1 Å². The van der Waals surface area contributed by atoms with Crippen molar-refractivity contribution in [2.24, 2.45) is 0 Å². The minimum absolute atomic E-state index is 0.00891. The molecule has 0 aliphatic carbocycles. The van der Waals surface area contributed by atoms with Crippen LogP contribution >= 0.6 is 0 Å². The van der Waals surface area contributed by atoms with Crippen LogP contribution in [0.1, 0.15) is 51.3 Å². The van der Waals surface area contributed by atoms with E-state index >= 15 is 4.79 Å². The van der Waals surface area contributed by atoms with E-state index in [-0.39, 0.29) is 54.5 Å². The fourth-order valence-electron chi connectivity index (χ4n) is 6.05. The monoisotopic (exact) mass is 714 g/mol. The molecule has 12 nitrogen and oxygen atoms in total. The van der Waals surface area contributed by atoms with Crippen molar-refractivity contribution in [3.63, 3.8) is 0 Å². The molecule has 3 aliphatic heterocycles. The number of carbonyl (C=O) groups excluding carboxylic acids is 1. The SMILES string of the molecule is C/C=C\c1cc2c(cc1Oc1ccc3c(c1C(=O)c1cccc(Oc4cc5c(cc4/C=C/C)OCO5)c1C(=O)O)Oc1ccccc1OCO3)OCO2. The Balaban J connectivity index is 1.29. The van der Waals surface area contributed by atoms with Gasteiger partial charge in [0.15, 0.2) is 46.0 Å². The molecule has 0 aromatic heterocycles. The summed E-state index contributed by atoms with van der Waals surface area (Å²) in [4.78, 5) is 28.1. The lowest BCUT2D eigenvalue weighted by Gasteiger charge is -2.23. The summed E-state index contributed by atoms with van der Waals surface area (Å²) >= 11 is 0. The Morgan fingerprint density at radius 2 is 1.09 bits per heavy atom. The van der Waals surface area contributed by atoms with Crippen LogP contribution in [-0.2, 0) is 0 Å². The Morgan fingerprint density at radius 1 is 0.566 bits per heavy atom. The van der Waals surface area contributed by atoms with Gasteiger partial charge in [0.25, 0.3) is 0 Å². The fourth-order valence-corrected chi connectivity index (χ4v) is 6.05. The summed E-state index contributed by atoms with van der Waals surface area (Å²) in [5.74, 6) is 1.23. The molecule has 0 unspecified atom stereocenters. The summed E-state index contributed by atoms with van der Waals surface area (Å²) in [5.41, 5.74) is 0.548. The first kappa shape index (κ1) is 33.1. The maximum absolute atomic E-state index is 15.0. The average molecular weight is 715 g/mol. The van der Waals surface area contributed by atoms with Crippen LogP contribution in [0.15, 0.2) is 91.0 Å². The molecule has 0 amide bonds. The molecule has 3 aliphatic rings. The highest BCUT2D eigenvalue weighted by Gasteiger charge is 2.32. The summed E-state index contributed by atoms with van der Waals surface area (Å²) in [5, 5.41) is 10.7. The minimum Gasteiger partial charge on any atom is -0.478 e. The topological polar surface area (TPSA) is 137 Å². The van der Waals surface area contributed by atoms with Crippen molar-refractivity contribution >= 4 is 23.9 Å². The lowest BCUT2D eigenvalue weighted by Crippen LogP contribution is -2.15. The van der Waals surface area contributed by atoms with Gasteiger partial charge in [-0.3, -0.25) is 4.79 Å². The highest BCUT2D eigenvalue weighted by atomic mass is 16.7. The summed E-state index contributed by atoms with van der Waals surface area (Å²) in [6, 6.07) is 21.2. The standard InChI is InChI=1S/C41H30O12/c1-3-8-23-16-33-35(49-21-47-33)18-31(23)51-28-13-7-10-25(37(28)41(43)44)39(42)38-29(52-32-19-36-34(48-22-50-36)17-24(32)9-4-2)14-15-30-40(38)53-27-12-6-5-11-26(27)45-20-46-30/h3-19H,20-22H2,1-2H3,(H,43,44)/b8-3+,9-4-. The second-order valence-corrected chi connectivity index (χ2v) is 11.7. The Morgan fingerprint density at radius 3 is 1.68 bits per heavy atom. The van der Waals surface area contributed by atoms with Crippen LogP contribution < -0.4 is 42.6 Å². The van der Waals surface area contributed by atoms with E-state index in [4.69, 9.17) is 42.6 Å². The third kappa shape index (κ3) is 6.27. The van der Waals surface area contributed by atoms with Gasteiger partial charge in [-0.25, -0.2) is 4.79 Å². The highest BCUT2D eigenvalue weighted by molar-refractivity contribution is 6.18. The van der Waals surface area contributed by atoms with Crippen LogP contribution in [0.25, 0.3) is 12.2 Å². The van der Waals surface area contributed by atoms with E-state index in [9.17, 15) is 9.90 Å². The molecule has 0 saturated heterocycles. The Hall–Kier alpha value is -7.08. The van der Waals surface area contributed by atoms with Crippen LogP contribution in [0.2, 0.25) is 0 Å². The number of hydrogen-bond acceptors (Lipinski definition) is 11. The van der Waals surface area contributed by atoms with Crippen LogP contribution in [0.3, 0.4) is 0 Å². The van der Waals surface area contributed by atoms with Crippen molar-refractivity contribution in [3.8, 4) is 69.0 Å². The van der Waals surface area contributed by atoms with Gasteiger partial charge in [0.05, 0.1) is 0 Å². The van der Waals surface area contributed by atoms with Crippen molar-refractivity contribution in [3.05, 3.63) is 119 Å². The van der Waals surface area contributed by atoms with Crippen molar-refractivity contribution in [1.29, 1.82) is 0 Å². The number of allylic oxidation sites excluding steroid dienone is 2. The second kappa shape index (κ2) is 13.9. The van der Waals surface area contributed by atoms with Crippen molar-refractivity contribution in [1.82, 2.24) is 0 Å². The van der Waals surface area contributed by atoms with Gasteiger partial charge >= 0.3 is 5.97 Å². The van der Waals surface area contributed by atoms with E-state index in [1.54, 1.807) is 72.8 Å². The molecule has 53 heavy (non-hydrogen) atoms. The van der Waals surface area contributed by atoms with Crippen LogP contribution in [-0.4, -0.2) is 37.2 Å². The lowest BCUT2D eigenvalue weighted by atomic mass is 9.95. The number of carboxylic acids is 1. The summed E-state index contributed by atoms with van der Waals surface area (Å²) in [7, 11) is 0. The maximum atomic E-state index is 15.0. The maximum Gasteiger partial charge on any atom is 0.340 e. The molecule has 12 heteroatoms. The molecule has 0 fully saturated rings. The molecular formula is C41H30O12. The first-order chi connectivity index (χ1) is 25.9. The number of hydrogen-bond donors (Lipinski definition) is 1. The normalized spacial score (nSPS) is 13.6. The van der Waals surface area contributed by atoms with Gasteiger partial charge in [-0.15, -0.1) is 0 Å². The Bertz CT molecular complexity index is 2340. The van der Waals surface area contributed by atoms with Gasteiger partial charge in [0.2, 0.25) is 26.2 Å². The zero-order chi connectivity index (χ0) is 36.5. The number of ketones is 1. The molecule has 3 heterocycles. The predicted molar refractivity (Wildman–Crippen MR) is 191 cm³/mol. The zero-order valence-electron chi connectivity index (χ0n) is 28.4. The number of carbonyl (C=O) groups is 2. The second-order valence-electron chi connectivity index (χ2n) is 11.7. The van der Waals surface area contributed by atoms with Crippen molar-refractivity contribution in [2.45, 2.75) is 13.8 Å². The number of ether oxygens (including phenoxy) is 9. The van der Waals surface area contributed by atoms with E-state index in [1.165, 1.54) is 18.2 Å². The largest absolute Gasteiger partial charge is 0.478 e. The van der Waals surface area contributed by atoms with Crippen molar-refractivity contribution in [2.75, 3.05) is 20.4 Å². The summed E-state index contributed by atoms with van der Waals surface area (Å²) < 4.78 is 53.1. The molecule has 0 saturated carbocycles. The molecule has 8 rings (SSSR count). The van der Waals surface area contributed by atoms with Gasteiger partial charge in [-0.1, -0.05) is 42.5 Å². The summed E-state index contributed by atoms with van der Waals surface area (Å²) in [6.07, 6.45) is 7.24. The number of benzene rings is 5. The first-order valence-corrected chi connectivity index (χ1v) is 16.5. The van der Waals surface area contributed by atoms with Gasteiger partial charge < -0.3 is 47.7 Å². The molecule has 5 aromatic rings. The van der Waals surface area contributed by atoms with E-state index in [1.807, 2.05) is 26.0 Å². The number of aromatic carboxylic acids is 1. The quantitative estimate of drug-likeness (QED) is 0.146. The number of fused-ring (bicyclic) bond motifs is 4. The predicted octanol–water partition coefficient (Wildman–Crippen LogP) is 9.25. The van der Waals surface area contributed by atoms with Crippen LogP contribution in [0.5, 0.6) is 69.0 Å². The van der Waals surface area contributed by atoms with E-state index in [0.717, 1.165) is 0 Å². The lowest BCUT2D eigenvalue weighted by molar-refractivity contribution is 0.0689. The molecule has 0 radical (unpaired) electrons. The van der Waals surface area contributed by atoms with Gasteiger partial charge in [0, 0.05) is 28.8 Å². The molecule has 0 atom stereocenters. The molecule has 5 aromatic carbocycles. The fraction of sp³-hybridized carbons (Fsp3) is 0.122. The molecular weight excluding hydrogens is 684 g/mol. The van der Waals surface area contributed by atoms with E-state index < -0.39 is 17.3 Å².